The van der Waals surface area contributed by atoms with Gasteiger partial charge in [-0.05, 0) is 44.5 Å². The van der Waals surface area contributed by atoms with Crippen LogP contribution in [-0.4, -0.2) is 29.9 Å². The van der Waals surface area contributed by atoms with E-state index in [0.29, 0.717) is 12.0 Å². The first kappa shape index (κ1) is 14.4. The molecule has 4 nitrogen and oxygen atoms in total. The third-order valence-electron chi connectivity index (χ3n) is 3.10. The number of hydrogen-bond donors (Lipinski definition) is 2. The molecule has 1 atom stereocenters. The number of carboxylic acid groups (broad SMARTS) is 1. The van der Waals surface area contributed by atoms with E-state index in [1.54, 1.807) is 13.1 Å². The molecule has 2 N–H and O–H groups in total. The van der Waals surface area contributed by atoms with Gasteiger partial charge in [0, 0.05) is 12.0 Å². The van der Waals surface area contributed by atoms with Crippen LogP contribution in [0.2, 0.25) is 0 Å². The molecule has 0 amide bonds. The minimum absolute atomic E-state index is 0.0118. The van der Waals surface area contributed by atoms with Crippen molar-refractivity contribution in [3.05, 3.63) is 34.9 Å². The van der Waals surface area contributed by atoms with Gasteiger partial charge in [0.1, 0.15) is 0 Å². The molecule has 0 spiro atoms. The van der Waals surface area contributed by atoms with Crippen molar-refractivity contribution in [3.63, 3.8) is 0 Å². The zero-order valence-corrected chi connectivity index (χ0v) is 11.0. The van der Waals surface area contributed by atoms with E-state index in [0.717, 1.165) is 11.1 Å². The van der Waals surface area contributed by atoms with Crippen molar-refractivity contribution in [2.75, 3.05) is 7.05 Å². The van der Waals surface area contributed by atoms with Gasteiger partial charge in [0.15, 0.2) is 5.78 Å². The Kier molecular flexibility index (Phi) is 5.04. The Bertz CT molecular complexity index is 454. The summed E-state index contributed by atoms with van der Waals surface area (Å²) in [6.07, 6.45) is 0.291. The van der Waals surface area contributed by atoms with Gasteiger partial charge in [-0.25, -0.2) is 0 Å². The molecule has 4 heteroatoms. The fourth-order valence-electron chi connectivity index (χ4n) is 1.77. The fourth-order valence-corrected chi connectivity index (χ4v) is 1.77. The van der Waals surface area contributed by atoms with Crippen molar-refractivity contribution < 1.29 is 14.7 Å². The van der Waals surface area contributed by atoms with Crippen LogP contribution in [0.3, 0.4) is 0 Å². The zero-order chi connectivity index (χ0) is 13.7. The van der Waals surface area contributed by atoms with Gasteiger partial charge < -0.3 is 10.4 Å². The lowest BCUT2D eigenvalue weighted by Crippen LogP contribution is -2.34. The highest BCUT2D eigenvalue weighted by Crippen LogP contribution is 2.13. The summed E-state index contributed by atoms with van der Waals surface area (Å²) >= 11 is 0. The maximum atomic E-state index is 12.2. The van der Waals surface area contributed by atoms with Crippen molar-refractivity contribution in [2.24, 2.45) is 0 Å². The first-order valence-corrected chi connectivity index (χ1v) is 5.96. The second kappa shape index (κ2) is 6.31. The molecule has 0 radical (unpaired) electrons. The summed E-state index contributed by atoms with van der Waals surface area (Å²) in [6.45, 7) is 3.95. The van der Waals surface area contributed by atoms with Crippen molar-refractivity contribution in [1.29, 1.82) is 0 Å². The van der Waals surface area contributed by atoms with Crippen LogP contribution in [0, 0.1) is 13.8 Å². The van der Waals surface area contributed by atoms with Gasteiger partial charge in [-0.15, -0.1) is 0 Å². The summed E-state index contributed by atoms with van der Waals surface area (Å²) in [4.78, 5) is 22.7. The maximum Gasteiger partial charge on any atom is 0.303 e. The Morgan fingerprint density at radius 3 is 2.44 bits per heavy atom. The van der Waals surface area contributed by atoms with Gasteiger partial charge in [-0.1, -0.05) is 12.1 Å². The third kappa shape index (κ3) is 3.67. The number of Topliss-reactive ketones (excluding diaryl/α,β-unsaturated/α-hetero) is 1. The number of benzene rings is 1. The predicted molar refractivity (Wildman–Crippen MR) is 70.0 cm³/mol. The zero-order valence-electron chi connectivity index (χ0n) is 11.0. The molecule has 1 aromatic rings. The molecular weight excluding hydrogens is 230 g/mol. The molecule has 0 bridgehead atoms. The number of hydrogen-bond acceptors (Lipinski definition) is 3. The molecule has 98 valence electrons. The molecule has 1 rings (SSSR count). The van der Waals surface area contributed by atoms with Gasteiger partial charge in [-0.3, -0.25) is 9.59 Å². The molecule has 0 heterocycles. The molecule has 0 fully saturated rings. The lowest BCUT2D eigenvalue weighted by molar-refractivity contribution is -0.137. The SMILES string of the molecule is CNC(CCC(=O)O)C(=O)c1ccc(C)c(C)c1. The molecule has 1 unspecified atom stereocenters. The molecule has 0 aromatic heterocycles. The summed E-state index contributed by atoms with van der Waals surface area (Å²) in [5, 5.41) is 11.5. The van der Waals surface area contributed by atoms with Crippen LogP contribution in [0.4, 0.5) is 0 Å². The number of carboxylic acids is 1. The van der Waals surface area contributed by atoms with Crippen molar-refractivity contribution >= 4 is 11.8 Å². The Morgan fingerprint density at radius 2 is 1.94 bits per heavy atom. The molecule has 1 aromatic carbocycles. The minimum atomic E-state index is -0.886. The van der Waals surface area contributed by atoms with Crippen LogP contribution in [-0.2, 0) is 4.79 Å². The minimum Gasteiger partial charge on any atom is -0.481 e. The first-order valence-electron chi connectivity index (χ1n) is 5.96. The molecule has 18 heavy (non-hydrogen) atoms. The molecule has 0 saturated carbocycles. The lowest BCUT2D eigenvalue weighted by Gasteiger charge is -2.14. The molecule has 0 saturated heterocycles. The number of aryl methyl sites for hydroxylation is 2. The van der Waals surface area contributed by atoms with E-state index in [-0.39, 0.29) is 12.2 Å². The van der Waals surface area contributed by atoms with Crippen molar-refractivity contribution in [3.8, 4) is 0 Å². The smallest absolute Gasteiger partial charge is 0.303 e. The summed E-state index contributed by atoms with van der Waals surface area (Å²) < 4.78 is 0. The highest BCUT2D eigenvalue weighted by Gasteiger charge is 2.19. The highest BCUT2D eigenvalue weighted by atomic mass is 16.4. The van der Waals surface area contributed by atoms with E-state index < -0.39 is 12.0 Å². The van der Waals surface area contributed by atoms with Gasteiger partial charge in [0.25, 0.3) is 0 Å². The van der Waals surface area contributed by atoms with E-state index in [4.69, 9.17) is 5.11 Å². The number of likely N-dealkylation sites (N-methyl/N-ethyl adjacent to an activating group) is 1. The first-order chi connectivity index (χ1) is 8.45. The lowest BCUT2D eigenvalue weighted by atomic mass is 9.97. The van der Waals surface area contributed by atoms with Crippen LogP contribution in [0.25, 0.3) is 0 Å². The summed E-state index contributed by atoms with van der Waals surface area (Å²) in [5.41, 5.74) is 2.83. The van der Waals surface area contributed by atoms with Gasteiger partial charge >= 0.3 is 5.97 Å². The van der Waals surface area contributed by atoms with Gasteiger partial charge in [-0.2, -0.15) is 0 Å². The molecule has 0 aliphatic heterocycles. The Hall–Kier alpha value is -1.68. The average molecular weight is 249 g/mol. The van der Waals surface area contributed by atoms with E-state index in [9.17, 15) is 9.59 Å². The topological polar surface area (TPSA) is 66.4 Å². The van der Waals surface area contributed by atoms with Crippen molar-refractivity contribution in [1.82, 2.24) is 5.32 Å². The van der Waals surface area contributed by atoms with E-state index in [1.807, 2.05) is 26.0 Å². The number of nitrogens with one attached hydrogen (secondary N) is 1. The summed E-state index contributed by atoms with van der Waals surface area (Å²) in [6, 6.07) is 5.11. The largest absolute Gasteiger partial charge is 0.481 e. The monoisotopic (exact) mass is 249 g/mol. The predicted octanol–water partition coefficient (Wildman–Crippen LogP) is 1.94. The van der Waals surface area contributed by atoms with Crippen molar-refractivity contribution in [2.45, 2.75) is 32.7 Å². The van der Waals surface area contributed by atoms with Crippen LogP contribution in [0.15, 0.2) is 18.2 Å². The van der Waals surface area contributed by atoms with Gasteiger partial charge in [0.2, 0.25) is 0 Å². The number of aliphatic carboxylic acids is 1. The van der Waals surface area contributed by atoms with Crippen LogP contribution < -0.4 is 5.32 Å². The quantitative estimate of drug-likeness (QED) is 0.756. The highest BCUT2D eigenvalue weighted by molar-refractivity contribution is 6.00. The second-order valence-electron chi connectivity index (χ2n) is 4.44. The Labute approximate surface area is 107 Å². The Morgan fingerprint density at radius 1 is 1.28 bits per heavy atom. The number of ketones is 1. The summed E-state index contributed by atoms with van der Waals surface area (Å²) in [5.74, 6) is -0.940. The van der Waals surface area contributed by atoms with Crippen LogP contribution in [0.1, 0.15) is 34.3 Å². The molecule has 0 aliphatic rings. The van der Waals surface area contributed by atoms with E-state index in [1.165, 1.54) is 0 Å². The van der Waals surface area contributed by atoms with E-state index in [2.05, 4.69) is 5.32 Å². The normalized spacial score (nSPS) is 12.2. The van der Waals surface area contributed by atoms with Crippen LogP contribution >= 0.6 is 0 Å². The molecular formula is C14H19NO3. The Balaban J connectivity index is 2.82. The van der Waals surface area contributed by atoms with E-state index >= 15 is 0 Å². The number of carbonyl (C=O) groups is 2. The second-order valence-corrected chi connectivity index (χ2v) is 4.44. The fraction of sp³-hybridized carbons (Fsp3) is 0.429. The van der Waals surface area contributed by atoms with Crippen LogP contribution in [0.5, 0.6) is 0 Å². The average Bonchev–Trinajstić information content (AvgIpc) is 2.32. The standard InChI is InChI=1S/C14H19NO3/c1-9-4-5-11(8-10(9)2)14(18)12(15-3)6-7-13(16)17/h4-5,8,12,15H,6-7H2,1-3H3,(H,16,17). The molecule has 0 aliphatic carbocycles. The maximum absolute atomic E-state index is 12.2. The number of carbonyl (C=O) groups excluding carboxylic acids is 1. The number of rotatable bonds is 6. The van der Waals surface area contributed by atoms with Gasteiger partial charge in [0.05, 0.1) is 6.04 Å². The summed E-state index contributed by atoms with van der Waals surface area (Å²) in [7, 11) is 1.67. The third-order valence-corrected chi connectivity index (χ3v) is 3.10.